The van der Waals surface area contributed by atoms with Gasteiger partial charge < -0.3 is 24.3 Å². The average molecular weight is 413 g/mol. The molecule has 1 N–H and O–H groups in total. The van der Waals surface area contributed by atoms with E-state index in [2.05, 4.69) is 9.88 Å². The van der Waals surface area contributed by atoms with Gasteiger partial charge in [0.1, 0.15) is 17.3 Å². The highest BCUT2D eigenvalue weighted by atomic mass is 19.1. The number of aromatic nitrogens is 1. The van der Waals surface area contributed by atoms with Crippen molar-refractivity contribution in [3.05, 3.63) is 77.6 Å². The molecule has 0 radical (unpaired) electrons. The number of carbonyl (C=O) groups excluding carboxylic acids is 1. The van der Waals surface area contributed by atoms with Gasteiger partial charge in [-0.15, -0.1) is 0 Å². The lowest BCUT2D eigenvalue weighted by molar-refractivity contribution is 0.181. The molecule has 2 heterocycles. The SMILES string of the molecule is COc1ccc([C@H]2c3cccn3CCN2C(=O)Nc2c(F)cccc2F)cc1OC. The van der Waals surface area contributed by atoms with E-state index in [1.165, 1.54) is 13.2 Å². The van der Waals surface area contributed by atoms with E-state index >= 15 is 0 Å². The second-order valence-electron chi connectivity index (χ2n) is 6.86. The van der Waals surface area contributed by atoms with Crippen molar-refractivity contribution in [3.8, 4) is 11.5 Å². The minimum absolute atomic E-state index is 0.364. The van der Waals surface area contributed by atoms with Gasteiger partial charge >= 0.3 is 6.03 Å². The number of carbonyl (C=O) groups is 1. The summed E-state index contributed by atoms with van der Waals surface area (Å²) in [6.07, 6.45) is 1.94. The summed E-state index contributed by atoms with van der Waals surface area (Å²) >= 11 is 0. The van der Waals surface area contributed by atoms with Crippen molar-refractivity contribution >= 4 is 11.7 Å². The number of amides is 2. The number of para-hydroxylation sites is 1. The smallest absolute Gasteiger partial charge is 0.322 e. The molecule has 4 rings (SSSR count). The molecule has 6 nitrogen and oxygen atoms in total. The fraction of sp³-hybridized carbons (Fsp3) is 0.227. The summed E-state index contributed by atoms with van der Waals surface area (Å²) in [5.74, 6) is -0.561. The van der Waals surface area contributed by atoms with Gasteiger partial charge in [-0.05, 0) is 42.0 Å². The number of fused-ring (bicyclic) bond motifs is 1. The molecule has 3 aromatic rings. The molecule has 30 heavy (non-hydrogen) atoms. The van der Waals surface area contributed by atoms with E-state index in [9.17, 15) is 13.6 Å². The van der Waals surface area contributed by atoms with Gasteiger partial charge in [0.05, 0.1) is 20.3 Å². The van der Waals surface area contributed by atoms with Crippen molar-refractivity contribution in [1.29, 1.82) is 0 Å². The number of nitrogens with one attached hydrogen (secondary N) is 1. The Kier molecular flexibility index (Phi) is 5.31. The van der Waals surface area contributed by atoms with Crippen molar-refractivity contribution in [2.75, 3.05) is 26.1 Å². The van der Waals surface area contributed by atoms with Crippen LogP contribution < -0.4 is 14.8 Å². The predicted molar refractivity (Wildman–Crippen MR) is 108 cm³/mol. The molecule has 1 aliphatic heterocycles. The summed E-state index contributed by atoms with van der Waals surface area (Å²) in [6, 6.07) is 11.6. The Hall–Kier alpha value is -3.55. The summed E-state index contributed by atoms with van der Waals surface area (Å²) in [6.45, 7) is 0.932. The number of urea groups is 1. The lowest BCUT2D eigenvalue weighted by atomic mass is 9.99. The van der Waals surface area contributed by atoms with E-state index in [0.29, 0.717) is 24.6 Å². The number of rotatable bonds is 4. The van der Waals surface area contributed by atoms with Gasteiger partial charge in [-0.2, -0.15) is 0 Å². The topological polar surface area (TPSA) is 55.7 Å². The summed E-state index contributed by atoms with van der Waals surface area (Å²) in [5.41, 5.74) is 1.21. The number of benzene rings is 2. The van der Waals surface area contributed by atoms with Gasteiger partial charge in [0.25, 0.3) is 0 Å². The molecule has 0 bridgehead atoms. The third-order valence-corrected chi connectivity index (χ3v) is 5.22. The van der Waals surface area contributed by atoms with Crippen LogP contribution in [0.3, 0.4) is 0 Å². The summed E-state index contributed by atoms with van der Waals surface area (Å²) in [4.78, 5) is 14.6. The monoisotopic (exact) mass is 413 g/mol. The Morgan fingerprint density at radius 2 is 1.73 bits per heavy atom. The highest BCUT2D eigenvalue weighted by molar-refractivity contribution is 5.90. The first-order valence-electron chi connectivity index (χ1n) is 9.42. The molecular weight excluding hydrogens is 392 g/mol. The van der Waals surface area contributed by atoms with Crippen molar-refractivity contribution < 1.29 is 23.0 Å². The van der Waals surface area contributed by atoms with Crippen LogP contribution in [-0.4, -0.2) is 36.3 Å². The molecule has 1 atom stereocenters. The molecule has 0 fully saturated rings. The maximum Gasteiger partial charge on any atom is 0.322 e. The number of halogens is 2. The van der Waals surface area contributed by atoms with Crippen molar-refractivity contribution in [1.82, 2.24) is 9.47 Å². The molecule has 0 spiro atoms. The highest BCUT2D eigenvalue weighted by Crippen LogP contribution is 2.37. The predicted octanol–water partition coefficient (Wildman–Crippen LogP) is 4.42. The van der Waals surface area contributed by atoms with E-state index < -0.39 is 29.4 Å². The lowest BCUT2D eigenvalue weighted by Gasteiger charge is -2.37. The third kappa shape index (κ3) is 3.45. The van der Waals surface area contributed by atoms with Crippen LogP contribution in [0.4, 0.5) is 19.3 Å². The molecule has 1 aromatic heterocycles. The van der Waals surface area contributed by atoms with Crippen LogP contribution >= 0.6 is 0 Å². The number of anilines is 1. The van der Waals surface area contributed by atoms with E-state index in [1.54, 1.807) is 24.1 Å². The van der Waals surface area contributed by atoms with Crippen LogP contribution in [0.15, 0.2) is 54.7 Å². The molecule has 0 saturated carbocycles. The number of hydrogen-bond acceptors (Lipinski definition) is 3. The van der Waals surface area contributed by atoms with Crippen LogP contribution in [0.2, 0.25) is 0 Å². The van der Waals surface area contributed by atoms with Crippen LogP contribution in [-0.2, 0) is 6.54 Å². The number of ether oxygens (including phenoxy) is 2. The Labute approximate surface area is 172 Å². The molecule has 0 unspecified atom stereocenters. The molecule has 0 saturated heterocycles. The molecule has 0 aliphatic carbocycles. The zero-order valence-corrected chi connectivity index (χ0v) is 16.6. The summed E-state index contributed by atoms with van der Waals surface area (Å²) in [7, 11) is 3.09. The van der Waals surface area contributed by atoms with Crippen LogP contribution in [0.25, 0.3) is 0 Å². The lowest BCUT2D eigenvalue weighted by Crippen LogP contribution is -2.44. The minimum atomic E-state index is -0.827. The normalized spacial score (nSPS) is 15.5. The fourth-order valence-corrected chi connectivity index (χ4v) is 3.77. The average Bonchev–Trinajstić information content (AvgIpc) is 3.24. The molecule has 2 amide bonds. The van der Waals surface area contributed by atoms with E-state index in [4.69, 9.17) is 9.47 Å². The molecular formula is C22H21F2N3O3. The standard InChI is InChI=1S/C22H21F2N3O3/c1-29-18-9-8-14(13-19(18)30-2)21-17-7-4-10-26(17)11-12-27(21)22(28)25-20-15(23)5-3-6-16(20)24/h3-10,13,21H,11-12H2,1-2H3,(H,25,28)/t21-/m0/s1. The fourth-order valence-electron chi connectivity index (χ4n) is 3.77. The molecule has 2 aromatic carbocycles. The number of methoxy groups -OCH3 is 2. The largest absolute Gasteiger partial charge is 0.493 e. The number of hydrogen-bond donors (Lipinski definition) is 1. The van der Waals surface area contributed by atoms with Gasteiger partial charge in [0, 0.05) is 25.0 Å². The second kappa shape index (κ2) is 8.06. The summed E-state index contributed by atoms with van der Waals surface area (Å²) in [5, 5.41) is 2.39. The van der Waals surface area contributed by atoms with Crippen LogP contribution in [0.1, 0.15) is 17.3 Å². The van der Waals surface area contributed by atoms with Crippen molar-refractivity contribution in [2.45, 2.75) is 12.6 Å². The quantitative estimate of drug-likeness (QED) is 0.689. The summed E-state index contributed by atoms with van der Waals surface area (Å²) < 4.78 is 40.9. The van der Waals surface area contributed by atoms with Crippen molar-refractivity contribution in [2.24, 2.45) is 0 Å². The highest BCUT2D eigenvalue weighted by Gasteiger charge is 2.33. The van der Waals surface area contributed by atoms with Crippen molar-refractivity contribution in [3.63, 3.8) is 0 Å². The molecule has 156 valence electrons. The number of nitrogens with zero attached hydrogens (tertiary/aromatic N) is 2. The Bertz CT molecular complexity index is 1060. The first-order chi connectivity index (χ1) is 14.5. The third-order valence-electron chi connectivity index (χ3n) is 5.22. The van der Waals surface area contributed by atoms with Gasteiger partial charge in [-0.25, -0.2) is 13.6 Å². The van der Waals surface area contributed by atoms with Crippen LogP contribution in [0, 0.1) is 11.6 Å². The van der Waals surface area contributed by atoms with Crippen LogP contribution in [0.5, 0.6) is 11.5 Å². The first-order valence-corrected chi connectivity index (χ1v) is 9.42. The zero-order chi connectivity index (χ0) is 21.3. The van der Waals surface area contributed by atoms with Gasteiger partial charge in [0.15, 0.2) is 11.5 Å². The molecule has 8 heteroatoms. The Balaban J connectivity index is 1.73. The minimum Gasteiger partial charge on any atom is -0.493 e. The molecule has 1 aliphatic rings. The van der Waals surface area contributed by atoms with Gasteiger partial charge in [-0.3, -0.25) is 0 Å². The second-order valence-corrected chi connectivity index (χ2v) is 6.86. The Morgan fingerprint density at radius 1 is 1.00 bits per heavy atom. The van der Waals surface area contributed by atoms with E-state index in [1.807, 2.05) is 24.4 Å². The zero-order valence-electron chi connectivity index (χ0n) is 16.6. The van der Waals surface area contributed by atoms with Gasteiger partial charge in [0.2, 0.25) is 0 Å². The van der Waals surface area contributed by atoms with E-state index in [-0.39, 0.29) is 0 Å². The van der Waals surface area contributed by atoms with E-state index in [0.717, 1.165) is 23.4 Å². The maximum absolute atomic E-state index is 14.1. The Morgan fingerprint density at radius 3 is 2.43 bits per heavy atom. The first kappa shape index (κ1) is 19.8. The van der Waals surface area contributed by atoms with Gasteiger partial charge in [-0.1, -0.05) is 12.1 Å². The maximum atomic E-state index is 14.1.